The van der Waals surface area contributed by atoms with Crippen LogP contribution in [-0.2, 0) is 9.84 Å². The number of benzene rings is 2. The maximum atomic E-state index is 12.4. The molecule has 2 aromatic carbocycles. The van der Waals surface area contributed by atoms with E-state index in [4.69, 9.17) is 11.6 Å². The number of hydrogen-bond acceptors (Lipinski definition) is 3. The van der Waals surface area contributed by atoms with E-state index < -0.39 is 9.84 Å². The van der Waals surface area contributed by atoms with E-state index >= 15 is 0 Å². The molecule has 1 atom stereocenters. The molecule has 2 aromatic rings. The predicted octanol–water partition coefficient (Wildman–Crippen LogP) is 3.60. The Hall–Kier alpha value is -0.620. The van der Waals surface area contributed by atoms with Gasteiger partial charge in [0.25, 0.3) is 0 Å². The summed E-state index contributed by atoms with van der Waals surface area (Å²) in [6, 6.07) is 10.8. The van der Waals surface area contributed by atoms with Crippen LogP contribution in [0.3, 0.4) is 0 Å². The van der Waals surface area contributed by atoms with Crippen molar-refractivity contribution in [1.29, 1.82) is 0 Å². The minimum Gasteiger partial charge on any atom is -0.313 e. The van der Waals surface area contributed by atoms with E-state index in [9.17, 15) is 8.42 Å². The smallest absolute Gasteiger partial charge is 0.179 e. The number of sulfone groups is 1. The first-order chi connectivity index (χ1) is 9.54. The lowest BCUT2D eigenvalue weighted by atomic mass is 10.1. The molecule has 0 radical (unpaired) electrons. The second-order valence-electron chi connectivity index (χ2n) is 5.23. The van der Waals surface area contributed by atoms with Gasteiger partial charge in [-0.2, -0.15) is 0 Å². The highest BCUT2D eigenvalue weighted by Crippen LogP contribution is 2.24. The van der Waals surface area contributed by atoms with Crippen molar-refractivity contribution in [3.63, 3.8) is 0 Å². The summed E-state index contributed by atoms with van der Waals surface area (Å²) in [6.07, 6.45) is 1.98. The fraction of sp³-hybridized carbons (Fsp3) is 0.333. The zero-order valence-corrected chi connectivity index (χ0v) is 14.7. The average Bonchev–Trinajstić information content (AvgIpc) is 2.90. The van der Waals surface area contributed by atoms with Gasteiger partial charge in [-0.05, 0) is 54.4 Å². The molecular formula is C15H17BrClNO2S. The summed E-state index contributed by atoms with van der Waals surface area (Å²) >= 11 is 5.94. The molecule has 1 aliphatic heterocycles. The summed E-state index contributed by atoms with van der Waals surface area (Å²) in [5.74, 6) is 0.173. The highest BCUT2D eigenvalue weighted by Gasteiger charge is 2.23. The van der Waals surface area contributed by atoms with E-state index in [0.717, 1.165) is 30.2 Å². The van der Waals surface area contributed by atoms with E-state index in [-0.39, 0.29) is 28.8 Å². The van der Waals surface area contributed by atoms with Crippen LogP contribution in [0.2, 0.25) is 5.02 Å². The predicted molar refractivity (Wildman–Crippen MR) is 92.4 cm³/mol. The third-order valence-corrected chi connectivity index (χ3v) is 5.76. The molecule has 1 heterocycles. The summed E-state index contributed by atoms with van der Waals surface area (Å²) in [4.78, 5) is 0.390. The lowest BCUT2D eigenvalue weighted by Crippen LogP contribution is -2.29. The summed E-state index contributed by atoms with van der Waals surface area (Å²) in [7, 11) is -3.24. The third kappa shape index (κ3) is 3.77. The van der Waals surface area contributed by atoms with Crippen molar-refractivity contribution in [2.45, 2.75) is 23.8 Å². The van der Waals surface area contributed by atoms with Crippen LogP contribution in [0.4, 0.5) is 0 Å². The van der Waals surface area contributed by atoms with Gasteiger partial charge >= 0.3 is 0 Å². The molecule has 1 aliphatic rings. The third-order valence-electron chi connectivity index (χ3n) is 3.72. The van der Waals surface area contributed by atoms with Gasteiger partial charge in [0.05, 0.1) is 10.6 Å². The van der Waals surface area contributed by atoms with Crippen molar-refractivity contribution >= 4 is 49.2 Å². The molecule has 0 unspecified atom stereocenters. The zero-order valence-electron chi connectivity index (χ0n) is 11.4. The van der Waals surface area contributed by atoms with Crippen molar-refractivity contribution in [3.8, 4) is 0 Å². The quantitative estimate of drug-likeness (QED) is 0.871. The van der Waals surface area contributed by atoms with E-state index in [0.29, 0.717) is 9.92 Å². The molecule has 3 nitrogen and oxygen atoms in total. The Morgan fingerprint density at radius 3 is 2.57 bits per heavy atom. The normalized spacial score (nSPS) is 18.6. The number of fused-ring (bicyclic) bond motifs is 1. The van der Waals surface area contributed by atoms with Gasteiger partial charge in [-0.15, -0.1) is 17.0 Å². The minimum absolute atomic E-state index is 0. The zero-order chi connectivity index (χ0) is 14.2. The van der Waals surface area contributed by atoms with Crippen molar-refractivity contribution in [2.75, 3.05) is 12.3 Å². The molecule has 0 aliphatic carbocycles. The van der Waals surface area contributed by atoms with E-state index in [1.807, 2.05) is 18.2 Å². The molecule has 0 saturated carbocycles. The standard InChI is InChI=1S/C15H16ClNO2S.BrH/c16-13-5-3-12-9-15(6-4-11(12)8-13)20(18,19)10-14-2-1-7-17-14;/h3-6,8-9,14,17H,1-2,7,10H2;1H/t14-;/m0./s1. The molecule has 21 heavy (non-hydrogen) atoms. The van der Waals surface area contributed by atoms with Gasteiger partial charge in [0.2, 0.25) is 0 Å². The number of rotatable bonds is 3. The summed E-state index contributed by atoms with van der Waals surface area (Å²) in [5, 5.41) is 5.74. The summed E-state index contributed by atoms with van der Waals surface area (Å²) in [5.41, 5.74) is 0. The van der Waals surface area contributed by atoms with Crippen LogP contribution >= 0.6 is 28.6 Å². The molecule has 114 valence electrons. The SMILES string of the molecule is Br.O=S(=O)(C[C@@H]1CCCN1)c1ccc2cc(Cl)ccc2c1. The lowest BCUT2D eigenvalue weighted by molar-refractivity contribution is 0.577. The lowest BCUT2D eigenvalue weighted by Gasteiger charge is -2.11. The fourth-order valence-corrected chi connectivity index (χ4v) is 4.42. The molecule has 0 spiro atoms. The topological polar surface area (TPSA) is 46.2 Å². The molecule has 3 rings (SSSR count). The van der Waals surface area contributed by atoms with Crippen LogP contribution in [0, 0.1) is 0 Å². The van der Waals surface area contributed by atoms with Gasteiger partial charge in [-0.3, -0.25) is 0 Å². The number of nitrogens with one attached hydrogen (secondary N) is 1. The Kier molecular flexibility index (Phi) is 5.30. The largest absolute Gasteiger partial charge is 0.313 e. The Labute approximate surface area is 140 Å². The van der Waals surface area contributed by atoms with Crippen LogP contribution in [0.5, 0.6) is 0 Å². The molecule has 6 heteroatoms. The minimum atomic E-state index is -3.24. The Morgan fingerprint density at radius 2 is 1.86 bits per heavy atom. The summed E-state index contributed by atoms with van der Waals surface area (Å²) < 4.78 is 24.9. The maximum absolute atomic E-state index is 12.4. The van der Waals surface area contributed by atoms with Gasteiger partial charge in [0, 0.05) is 11.1 Å². The number of halogens is 2. The van der Waals surface area contributed by atoms with Gasteiger partial charge in [-0.1, -0.05) is 23.7 Å². The maximum Gasteiger partial charge on any atom is 0.179 e. The van der Waals surface area contributed by atoms with Crippen LogP contribution in [0.1, 0.15) is 12.8 Å². The first-order valence-corrected chi connectivity index (χ1v) is 8.73. The second kappa shape index (κ2) is 6.65. The molecule has 0 aromatic heterocycles. The van der Waals surface area contributed by atoms with Crippen LogP contribution in [0.25, 0.3) is 10.8 Å². The van der Waals surface area contributed by atoms with Crippen LogP contribution in [0.15, 0.2) is 41.3 Å². The van der Waals surface area contributed by atoms with Crippen LogP contribution < -0.4 is 5.32 Å². The number of hydrogen-bond donors (Lipinski definition) is 1. The highest BCUT2D eigenvalue weighted by molar-refractivity contribution is 8.93. The Bertz CT molecular complexity index is 742. The van der Waals surface area contributed by atoms with Gasteiger partial charge in [0.1, 0.15) is 0 Å². The monoisotopic (exact) mass is 389 g/mol. The molecule has 1 saturated heterocycles. The molecule has 0 amide bonds. The molecule has 1 fully saturated rings. The molecule has 1 N–H and O–H groups in total. The van der Waals surface area contributed by atoms with Crippen LogP contribution in [-0.4, -0.2) is 26.8 Å². The van der Waals surface area contributed by atoms with Gasteiger partial charge < -0.3 is 5.32 Å². The molecular weight excluding hydrogens is 374 g/mol. The summed E-state index contributed by atoms with van der Waals surface area (Å²) in [6.45, 7) is 0.913. The Morgan fingerprint density at radius 1 is 1.14 bits per heavy atom. The van der Waals surface area contributed by atoms with Gasteiger partial charge in [0.15, 0.2) is 9.84 Å². The van der Waals surface area contributed by atoms with Crippen molar-refractivity contribution in [3.05, 3.63) is 41.4 Å². The van der Waals surface area contributed by atoms with E-state index in [2.05, 4.69) is 5.32 Å². The second-order valence-corrected chi connectivity index (χ2v) is 7.70. The van der Waals surface area contributed by atoms with Crippen molar-refractivity contribution < 1.29 is 8.42 Å². The van der Waals surface area contributed by atoms with E-state index in [1.54, 1.807) is 18.2 Å². The molecule has 0 bridgehead atoms. The first kappa shape index (κ1) is 16.7. The highest BCUT2D eigenvalue weighted by atomic mass is 79.9. The fourth-order valence-electron chi connectivity index (χ4n) is 2.65. The Balaban J connectivity index is 0.00000161. The average molecular weight is 391 g/mol. The van der Waals surface area contributed by atoms with Gasteiger partial charge in [-0.25, -0.2) is 8.42 Å². The van der Waals surface area contributed by atoms with Crippen molar-refractivity contribution in [1.82, 2.24) is 5.32 Å². The van der Waals surface area contributed by atoms with Crippen molar-refractivity contribution in [2.24, 2.45) is 0 Å². The first-order valence-electron chi connectivity index (χ1n) is 6.70. The van der Waals surface area contributed by atoms with E-state index in [1.165, 1.54) is 0 Å².